The van der Waals surface area contributed by atoms with Crippen molar-refractivity contribution in [3.63, 3.8) is 0 Å². The number of rotatable bonds is 4. The zero-order valence-electron chi connectivity index (χ0n) is 50.7. The molecule has 0 N–H and O–H groups in total. The molecule has 0 atom stereocenters. The van der Waals surface area contributed by atoms with Gasteiger partial charge in [0.1, 0.15) is 0 Å². The summed E-state index contributed by atoms with van der Waals surface area (Å²) < 4.78 is 68.0. The molecule has 11 heteroatoms. The molecule has 18 aromatic rings. The third-order valence-electron chi connectivity index (χ3n) is 16.5. The van der Waals surface area contributed by atoms with Gasteiger partial charge in [0, 0.05) is 103 Å². The van der Waals surface area contributed by atoms with Gasteiger partial charge in [-0.15, -0.1) is 0 Å². The van der Waals surface area contributed by atoms with Gasteiger partial charge in [-0.1, -0.05) is 261 Å². The van der Waals surface area contributed by atoms with Crippen LogP contribution in [0.3, 0.4) is 0 Å². The van der Waals surface area contributed by atoms with Gasteiger partial charge in [-0.05, 0) is 67.7 Å². The van der Waals surface area contributed by atoms with Crippen molar-refractivity contribution in [2.75, 3.05) is 0 Å². The summed E-state index contributed by atoms with van der Waals surface area (Å²) in [7, 11) is 0. The van der Waals surface area contributed by atoms with Crippen LogP contribution in [0.15, 0.2) is 322 Å². The molecule has 0 aliphatic carbocycles. The Morgan fingerprint density at radius 3 is 1.01 bits per heavy atom. The Kier molecular flexibility index (Phi) is 17.2. The van der Waals surface area contributed by atoms with E-state index in [2.05, 4.69) is 206 Å². The van der Waals surface area contributed by atoms with E-state index in [4.69, 9.17) is 0 Å². The third-order valence-corrected chi connectivity index (χ3v) is 16.5. The molecule has 0 amide bonds. The van der Waals surface area contributed by atoms with Crippen LogP contribution in [0.4, 0.5) is 22.0 Å². The summed E-state index contributed by atoms with van der Waals surface area (Å²) in [6.45, 7) is 0. The number of pyridine rings is 4. The Morgan fingerprint density at radius 2 is 0.505 bits per heavy atom. The van der Waals surface area contributed by atoms with Crippen LogP contribution in [0.1, 0.15) is 0 Å². The lowest BCUT2D eigenvalue weighted by atomic mass is 9.97. The molecule has 0 unspecified atom stereocenters. The van der Waals surface area contributed by atoms with E-state index < -0.39 is 34.6 Å². The molecule has 0 radical (unpaired) electrons. The lowest BCUT2D eigenvalue weighted by molar-refractivity contribution is 0.381. The number of aromatic nitrogens is 6. The summed E-state index contributed by atoms with van der Waals surface area (Å²) in [4.78, 5) is 26.7. The molecule has 0 saturated carbocycles. The number of fused-ring (bicyclic) bond motifs is 15. The maximum absolute atomic E-state index is 14.0. The predicted octanol–water partition coefficient (Wildman–Crippen LogP) is 22.5. The van der Waals surface area contributed by atoms with E-state index in [0.717, 1.165) is 61.6 Å². The summed E-state index contributed by atoms with van der Waals surface area (Å²) in [5.74, 6) is -9.13. The molecular formula is C84H53F5N6. The topological polar surface area (TPSA) is 77.3 Å². The maximum Gasteiger partial charge on any atom is 0.200 e. The van der Waals surface area contributed by atoms with Gasteiger partial charge in [0.15, 0.2) is 29.1 Å². The lowest BCUT2D eigenvalue weighted by Gasteiger charge is -2.10. The van der Waals surface area contributed by atoms with E-state index in [-0.39, 0.29) is 5.56 Å². The minimum atomic E-state index is -2.18. The summed E-state index contributed by atoms with van der Waals surface area (Å²) in [6.07, 6.45) is 10.5. The molecule has 0 aliphatic rings. The van der Waals surface area contributed by atoms with Gasteiger partial charge < -0.3 is 0 Å². The SMILES string of the molecule is Fc1c(F)c(F)c(-c2cnc3c(ccc4ccccc43)c2)c(F)c1F.c1ccc(-c2cnc(-c3ccccc3)nc2)cc1.c1ccc(-c2cnc3c(ccc4ccccc43)c2)cc1.c1ccc2c(c1)c1ccccc1c1ncccc21.c1ccc2c(c1)ccc1cccnc12. The molecule has 454 valence electrons. The fraction of sp³-hybridized carbons (Fsp3) is 0. The number of halogens is 5. The monoisotopic (exact) mass is 1240 g/mol. The van der Waals surface area contributed by atoms with E-state index in [9.17, 15) is 22.0 Å². The van der Waals surface area contributed by atoms with Crippen molar-refractivity contribution in [2.45, 2.75) is 0 Å². The first-order valence-corrected chi connectivity index (χ1v) is 30.7. The third kappa shape index (κ3) is 12.4. The number of hydrogen-bond acceptors (Lipinski definition) is 6. The molecule has 0 aliphatic heterocycles. The van der Waals surface area contributed by atoms with Crippen molar-refractivity contribution < 1.29 is 22.0 Å². The number of benzene rings is 13. The van der Waals surface area contributed by atoms with Crippen LogP contribution < -0.4 is 0 Å². The lowest BCUT2D eigenvalue weighted by Crippen LogP contribution is -2.04. The Labute approximate surface area is 542 Å². The van der Waals surface area contributed by atoms with Crippen LogP contribution in [0.25, 0.3) is 142 Å². The van der Waals surface area contributed by atoms with E-state index in [0.29, 0.717) is 10.9 Å². The van der Waals surface area contributed by atoms with Crippen LogP contribution >= 0.6 is 0 Å². The largest absolute Gasteiger partial charge is 0.256 e. The molecular weight excluding hydrogens is 1190 g/mol. The second kappa shape index (κ2) is 27.2. The average Bonchev–Trinajstić information content (AvgIpc) is 1.17. The van der Waals surface area contributed by atoms with Crippen LogP contribution in [0.5, 0.6) is 0 Å². The van der Waals surface area contributed by atoms with Crippen molar-refractivity contribution >= 4 is 97.5 Å². The van der Waals surface area contributed by atoms with Gasteiger partial charge in [-0.2, -0.15) is 0 Å². The molecule has 0 spiro atoms. The van der Waals surface area contributed by atoms with Gasteiger partial charge in [0.05, 0.1) is 27.6 Å². The zero-order valence-corrected chi connectivity index (χ0v) is 50.7. The second-order valence-electron chi connectivity index (χ2n) is 22.4. The highest BCUT2D eigenvalue weighted by Gasteiger charge is 2.27. The smallest absolute Gasteiger partial charge is 0.200 e. The van der Waals surface area contributed by atoms with Gasteiger partial charge in [0.25, 0.3) is 0 Å². The van der Waals surface area contributed by atoms with Crippen LogP contribution in [-0.2, 0) is 0 Å². The Morgan fingerprint density at radius 1 is 0.189 bits per heavy atom. The van der Waals surface area contributed by atoms with Gasteiger partial charge in [-0.3, -0.25) is 19.9 Å². The number of hydrogen-bond donors (Lipinski definition) is 0. The normalized spacial score (nSPS) is 11.0. The predicted molar refractivity (Wildman–Crippen MR) is 378 cm³/mol. The average molecular weight is 1240 g/mol. The summed E-state index contributed by atoms with van der Waals surface area (Å²) >= 11 is 0. The van der Waals surface area contributed by atoms with Crippen molar-refractivity contribution in [1.82, 2.24) is 29.9 Å². The Hall–Kier alpha value is -12.5. The molecule has 5 heterocycles. The quantitative estimate of drug-likeness (QED) is 0.0756. The van der Waals surface area contributed by atoms with Gasteiger partial charge in [-0.25, -0.2) is 31.9 Å². The molecule has 0 fully saturated rings. The van der Waals surface area contributed by atoms with E-state index in [1.54, 1.807) is 12.1 Å². The minimum Gasteiger partial charge on any atom is -0.256 e. The van der Waals surface area contributed by atoms with Crippen LogP contribution in [0.2, 0.25) is 0 Å². The maximum atomic E-state index is 14.0. The van der Waals surface area contributed by atoms with Crippen molar-refractivity contribution in [3.05, 3.63) is 351 Å². The molecule has 6 nitrogen and oxygen atoms in total. The highest BCUT2D eigenvalue weighted by molar-refractivity contribution is 6.24. The highest BCUT2D eigenvalue weighted by atomic mass is 19.2. The first-order valence-electron chi connectivity index (χ1n) is 30.7. The first kappa shape index (κ1) is 60.1. The van der Waals surface area contributed by atoms with E-state index in [1.165, 1.54) is 70.9 Å². The zero-order chi connectivity index (χ0) is 64.6. The number of nitrogens with zero attached hydrogens (tertiary/aromatic N) is 6. The summed E-state index contributed by atoms with van der Waals surface area (Å²) in [5.41, 5.74) is 8.23. The second-order valence-corrected chi connectivity index (χ2v) is 22.4. The minimum absolute atomic E-state index is 0.185. The Bertz CT molecular complexity index is 5440. The molecule has 95 heavy (non-hydrogen) atoms. The van der Waals surface area contributed by atoms with Crippen molar-refractivity contribution in [2.24, 2.45) is 0 Å². The van der Waals surface area contributed by atoms with Crippen LogP contribution in [-0.4, -0.2) is 29.9 Å². The van der Waals surface area contributed by atoms with E-state index in [1.807, 2.05) is 122 Å². The standard InChI is InChI=1S/C19H8F5N.C19H13N.C17H11N.C16H12N2.C13H9N/c20-14-13(15(21)17(23)18(24)16(14)22)11-7-10-6-5-9-3-1-2-4-12(9)19(10)25-8-11;1-2-6-14(7-3-1)17-12-16-11-10-15-8-4-5-9-18(15)19(16)20-13-17;1-2-7-14-12(6-1)13-8-3-4-9-15(13)17-16(14)10-5-11-18-17;1-3-7-13(8-4-1)15-11-17-16(18-12-15)14-9-5-2-6-10-14;1-2-6-12-10(4-1)7-8-11-5-3-9-14-13(11)12/h1-8H;1-13H;1-11H;1-12H;1-9H. The van der Waals surface area contributed by atoms with Crippen molar-refractivity contribution in [1.29, 1.82) is 0 Å². The van der Waals surface area contributed by atoms with Gasteiger partial charge in [0.2, 0.25) is 5.82 Å². The molecule has 13 aromatic carbocycles. The summed E-state index contributed by atoms with van der Waals surface area (Å²) in [5, 5.41) is 15.9. The molecule has 5 aromatic heterocycles. The highest BCUT2D eigenvalue weighted by Crippen LogP contribution is 2.36. The fourth-order valence-corrected chi connectivity index (χ4v) is 11.9. The van der Waals surface area contributed by atoms with Crippen LogP contribution in [0, 0.1) is 29.1 Å². The van der Waals surface area contributed by atoms with E-state index >= 15 is 0 Å². The summed E-state index contributed by atoms with van der Waals surface area (Å²) in [6, 6.07) is 95.5. The Balaban J connectivity index is 0.000000103. The first-order chi connectivity index (χ1) is 46.7. The molecule has 18 rings (SSSR count). The fourth-order valence-electron chi connectivity index (χ4n) is 11.9. The van der Waals surface area contributed by atoms with Gasteiger partial charge >= 0.3 is 0 Å². The van der Waals surface area contributed by atoms with Crippen molar-refractivity contribution in [3.8, 4) is 44.8 Å². The molecule has 0 saturated heterocycles. The molecule has 0 bridgehead atoms.